The minimum Gasteiger partial charge on any atom is -0.493 e. The van der Waals surface area contributed by atoms with Crippen molar-refractivity contribution in [3.05, 3.63) is 95.7 Å². The van der Waals surface area contributed by atoms with E-state index in [-0.39, 0.29) is 17.5 Å². The van der Waals surface area contributed by atoms with Crippen molar-refractivity contribution in [2.45, 2.75) is 33.6 Å². The summed E-state index contributed by atoms with van der Waals surface area (Å²) in [6.07, 6.45) is 0. The average Bonchev–Trinajstić information content (AvgIpc) is 3.08. The van der Waals surface area contributed by atoms with E-state index < -0.39 is 0 Å². The predicted molar refractivity (Wildman–Crippen MR) is 137 cm³/mol. The molecule has 0 atom stereocenters. The van der Waals surface area contributed by atoms with Crippen molar-refractivity contribution in [2.24, 2.45) is 5.92 Å². The average molecular weight is 455 g/mol. The molecular formula is C29H30N2O3. The van der Waals surface area contributed by atoms with E-state index in [4.69, 9.17) is 4.74 Å². The molecule has 1 heterocycles. The molecule has 0 bridgehead atoms. The maximum atomic E-state index is 13.5. The molecule has 0 saturated carbocycles. The third kappa shape index (κ3) is 4.88. The zero-order valence-corrected chi connectivity index (χ0v) is 20.0. The first-order valence-electron chi connectivity index (χ1n) is 11.6. The van der Waals surface area contributed by atoms with Gasteiger partial charge in [-0.3, -0.25) is 9.59 Å². The third-order valence-electron chi connectivity index (χ3n) is 5.67. The molecule has 1 aliphatic heterocycles. The van der Waals surface area contributed by atoms with Gasteiger partial charge in [-0.2, -0.15) is 0 Å². The first-order valence-corrected chi connectivity index (χ1v) is 11.6. The van der Waals surface area contributed by atoms with Crippen molar-refractivity contribution in [1.82, 2.24) is 0 Å². The molecule has 1 aliphatic rings. The molecule has 0 aliphatic carbocycles. The van der Waals surface area contributed by atoms with Crippen molar-refractivity contribution in [1.29, 1.82) is 0 Å². The van der Waals surface area contributed by atoms with Gasteiger partial charge in [0.05, 0.1) is 17.9 Å². The van der Waals surface area contributed by atoms with E-state index in [9.17, 15) is 9.59 Å². The molecule has 0 spiro atoms. The van der Waals surface area contributed by atoms with E-state index in [1.807, 2.05) is 66.7 Å². The van der Waals surface area contributed by atoms with Crippen molar-refractivity contribution in [2.75, 3.05) is 16.8 Å². The van der Waals surface area contributed by atoms with Crippen molar-refractivity contribution < 1.29 is 14.3 Å². The highest BCUT2D eigenvalue weighted by atomic mass is 16.5. The minimum absolute atomic E-state index is 0.266. The summed E-state index contributed by atoms with van der Waals surface area (Å²) in [7, 11) is 0. The number of amides is 2. The molecule has 34 heavy (non-hydrogen) atoms. The van der Waals surface area contributed by atoms with Gasteiger partial charge in [-0.1, -0.05) is 70.2 Å². The number of hydrogen-bond donors (Lipinski definition) is 1. The molecule has 0 aromatic heterocycles. The van der Waals surface area contributed by atoms with Crippen molar-refractivity contribution in [3.8, 4) is 5.75 Å². The number of hydrogen-bond acceptors (Lipinski definition) is 4. The minimum atomic E-state index is -0.376. The Morgan fingerprint density at radius 2 is 1.44 bits per heavy atom. The summed E-state index contributed by atoms with van der Waals surface area (Å²) in [5, 5.41) is 3.23. The molecule has 5 nitrogen and oxygen atoms in total. The van der Waals surface area contributed by atoms with Crippen LogP contribution in [-0.2, 0) is 9.59 Å². The van der Waals surface area contributed by atoms with Gasteiger partial charge in [-0.05, 0) is 59.4 Å². The quantitative estimate of drug-likeness (QED) is 0.409. The number of rotatable bonds is 8. The van der Waals surface area contributed by atoms with Gasteiger partial charge in [0.25, 0.3) is 11.8 Å². The van der Waals surface area contributed by atoms with Crippen LogP contribution in [0.2, 0.25) is 0 Å². The first kappa shape index (κ1) is 23.3. The number of anilines is 2. The van der Waals surface area contributed by atoms with E-state index in [1.165, 1.54) is 10.5 Å². The Morgan fingerprint density at radius 1 is 0.794 bits per heavy atom. The normalized spacial score (nSPS) is 13.9. The molecule has 174 valence electrons. The Labute approximate surface area is 201 Å². The summed E-state index contributed by atoms with van der Waals surface area (Å²) in [5.41, 5.74) is 3.77. The van der Waals surface area contributed by atoms with Crippen LogP contribution in [-0.4, -0.2) is 18.4 Å². The van der Waals surface area contributed by atoms with Gasteiger partial charge < -0.3 is 10.1 Å². The fourth-order valence-electron chi connectivity index (χ4n) is 3.80. The van der Waals surface area contributed by atoms with E-state index >= 15 is 0 Å². The topological polar surface area (TPSA) is 58.6 Å². The second kappa shape index (κ2) is 9.96. The van der Waals surface area contributed by atoms with Gasteiger partial charge in [0.1, 0.15) is 11.4 Å². The number of ether oxygens (including phenoxy) is 1. The Balaban J connectivity index is 1.71. The zero-order valence-electron chi connectivity index (χ0n) is 20.0. The number of benzene rings is 3. The van der Waals surface area contributed by atoms with Crippen LogP contribution in [0.1, 0.15) is 44.7 Å². The monoisotopic (exact) mass is 454 g/mol. The van der Waals surface area contributed by atoms with Gasteiger partial charge in [-0.15, -0.1) is 0 Å². The van der Waals surface area contributed by atoms with E-state index in [1.54, 1.807) is 12.1 Å². The lowest BCUT2D eigenvalue weighted by molar-refractivity contribution is -0.120. The van der Waals surface area contributed by atoms with Crippen LogP contribution < -0.4 is 15.0 Å². The van der Waals surface area contributed by atoms with Gasteiger partial charge in [0, 0.05) is 5.69 Å². The number of imide groups is 1. The molecule has 4 rings (SSSR count). The Kier molecular flexibility index (Phi) is 6.82. The van der Waals surface area contributed by atoms with Gasteiger partial charge >= 0.3 is 0 Å². The molecule has 0 fully saturated rings. The highest BCUT2D eigenvalue weighted by Crippen LogP contribution is 2.34. The molecule has 3 aromatic carbocycles. The first-order chi connectivity index (χ1) is 16.3. The Morgan fingerprint density at radius 3 is 2.03 bits per heavy atom. The van der Waals surface area contributed by atoms with Crippen molar-refractivity contribution in [3.63, 3.8) is 0 Å². The highest BCUT2D eigenvalue weighted by molar-refractivity contribution is 6.46. The Bertz CT molecular complexity index is 1190. The van der Waals surface area contributed by atoms with Crippen LogP contribution in [0.3, 0.4) is 0 Å². The Hall–Kier alpha value is -3.86. The van der Waals surface area contributed by atoms with Crippen LogP contribution in [0, 0.1) is 5.92 Å². The molecule has 1 N–H and O–H groups in total. The summed E-state index contributed by atoms with van der Waals surface area (Å²) in [6, 6.07) is 24.3. The summed E-state index contributed by atoms with van der Waals surface area (Å²) >= 11 is 0. The van der Waals surface area contributed by atoms with E-state index in [0.29, 0.717) is 35.3 Å². The fourth-order valence-corrected chi connectivity index (χ4v) is 3.80. The van der Waals surface area contributed by atoms with Crippen LogP contribution in [0.5, 0.6) is 5.75 Å². The largest absolute Gasteiger partial charge is 0.493 e. The second-order valence-corrected chi connectivity index (χ2v) is 9.16. The number of para-hydroxylation sites is 1. The van der Waals surface area contributed by atoms with Crippen LogP contribution >= 0.6 is 0 Å². The van der Waals surface area contributed by atoms with Gasteiger partial charge in [0.15, 0.2) is 0 Å². The van der Waals surface area contributed by atoms with Gasteiger partial charge in [0.2, 0.25) is 0 Å². The van der Waals surface area contributed by atoms with Crippen molar-refractivity contribution >= 4 is 28.8 Å². The van der Waals surface area contributed by atoms with Crippen LogP contribution in [0.15, 0.2) is 84.6 Å². The fraction of sp³-hybridized carbons (Fsp3) is 0.241. The number of carbonyl (C=O) groups is 2. The van der Waals surface area contributed by atoms with E-state index in [0.717, 1.165) is 11.4 Å². The second-order valence-electron chi connectivity index (χ2n) is 9.16. The molecule has 5 heteroatoms. The molecule has 3 aromatic rings. The molecular weight excluding hydrogens is 424 g/mol. The van der Waals surface area contributed by atoms with Crippen LogP contribution in [0.4, 0.5) is 11.4 Å². The summed E-state index contributed by atoms with van der Waals surface area (Å²) in [5.74, 6) is 0.818. The third-order valence-corrected chi connectivity index (χ3v) is 5.67. The zero-order chi connectivity index (χ0) is 24.2. The SMILES string of the molecule is CC(C)COc1ccc(C2=C(Nc3ccc(C(C)C)cc3)C(=O)N(c3ccccc3)C2=O)cc1. The maximum absolute atomic E-state index is 13.5. The van der Waals surface area contributed by atoms with E-state index in [2.05, 4.69) is 33.0 Å². The highest BCUT2D eigenvalue weighted by Gasteiger charge is 2.40. The molecule has 0 unspecified atom stereocenters. The predicted octanol–water partition coefficient (Wildman–Crippen LogP) is 6.24. The lowest BCUT2D eigenvalue weighted by Crippen LogP contribution is -2.32. The molecule has 0 saturated heterocycles. The smallest absolute Gasteiger partial charge is 0.282 e. The lowest BCUT2D eigenvalue weighted by Gasteiger charge is -2.15. The summed E-state index contributed by atoms with van der Waals surface area (Å²) in [4.78, 5) is 28.2. The lowest BCUT2D eigenvalue weighted by atomic mass is 10.0. The number of carbonyl (C=O) groups excluding carboxylic acids is 2. The van der Waals surface area contributed by atoms with Gasteiger partial charge in [-0.25, -0.2) is 4.90 Å². The summed E-state index contributed by atoms with van der Waals surface area (Å²) < 4.78 is 5.78. The van der Waals surface area contributed by atoms with Crippen LogP contribution in [0.25, 0.3) is 5.57 Å². The number of nitrogens with one attached hydrogen (secondary N) is 1. The summed E-state index contributed by atoms with van der Waals surface area (Å²) in [6.45, 7) is 9.06. The maximum Gasteiger partial charge on any atom is 0.282 e. The molecule has 0 radical (unpaired) electrons. The standard InChI is InChI=1S/C29H30N2O3/c1-19(2)18-34-25-16-12-22(13-17-25)26-27(30-23-14-10-21(11-15-23)20(3)4)29(33)31(28(26)32)24-8-6-5-7-9-24/h5-17,19-20,30H,18H2,1-4H3. The molecule has 2 amide bonds. The number of nitrogens with zero attached hydrogens (tertiary/aromatic N) is 1.